The summed E-state index contributed by atoms with van der Waals surface area (Å²) in [5.41, 5.74) is 5.34. The van der Waals surface area contributed by atoms with Gasteiger partial charge in [-0.05, 0) is 88.8 Å². The van der Waals surface area contributed by atoms with Crippen LogP contribution >= 0.6 is 15.9 Å². The minimum absolute atomic E-state index is 0.0194. The number of benzene rings is 2. The SMILES string of the molecule is CCc1ccc(OCC(=O)N[C@@H](CC)c2ccc3c(c2)CCCC3)c(Br)c1. The van der Waals surface area contributed by atoms with Crippen LogP contribution in [-0.2, 0) is 24.1 Å². The fourth-order valence-electron chi connectivity index (χ4n) is 3.65. The first-order valence-electron chi connectivity index (χ1n) is 9.93. The van der Waals surface area contributed by atoms with Gasteiger partial charge in [0.05, 0.1) is 10.5 Å². The molecule has 1 amide bonds. The van der Waals surface area contributed by atoms with Gasteiger partial charge in [0, 0.05) is 0 Å². The Morgan fingerprint density at radius 1 is 1.11 bits per heavy atom. The van der Waals surface area contributed by atoms with E-state index in [1.807, 2.05) is 18.2 Å². The molecule has 144 valence electrons. The quantitative estimate of drug-likeness (QED) is 0.627. The Morgan fingerprint density at radius 2 is 1.89 bits per heavy atom. The van der Waals surface area contributed by atoms with E-state index in [1.54, 1.807) is 0 Å². The zero-order valence-electron chi connectivity index (χ0n) is 16.2. The van der Waals surface area contributed by atoms with Crippen LogP contribution in [-0.4, -0.2) is 12.5 Å². The highest BCUT2D eigenvalue weighted by Crippen LogP contribution is 2.27. The predicted molar refractivity (Wildman–Crippen MR) is 113 cm³/mol. The number of ether oxygens (including phenoxy) is 1. The summed E-state index contributed by atoms with van der Waals surface area (Å²) in [7, 11) is 0. The number of amides is 1. The first-order valence-corrected chi connectivity index (χ1v) is 10.7. The molecule has 1 N–H and O–H groups in total. The average Bonchev–Trinajstić information content (AvgIpc) is 2.70. The highest BCUT2D eigenvalue weighted by molar-refractivity contribution is 9.10. The Morgan fingerprint density at radius 3 is 2.59 bits per heavy atom. The van der Waals surface area contributed by atoms with Crippen molar-refractivity contribution in [2.45, 2.75) is 58.4 Å². The van der Waals surface area contributed by atoms with Crippen molar-refractivity contribution in [2.75, 3.05) is 6.61 Å². The van der Waals surface area contributed by atoms with Gasteiger partial charge >= 0.3 is 0 Å². The maximum atomic E-state index is 12.4. The van der Waals surface area contributed by atoms with Gasteiger partial charge in [-0.1, -0.05) is 38.1 Å². The highest BCUT2D eigenvalue weighted by Gasteiger charge is 2.16. The Hall–Kier alpha value is -1.81. The van der Waals surface area contributed by atoms with Gasteiger partial charge in [0.15, 0.2) is 6.61 Å². The van der Waals surface area contributed by atoms with E-state index in [-0.39, 0.29) is 18.6 Å². The first-order chi connectivity index (χ1) is 13.1. The number of fused-ring (bicyclic) bond motifs is 1. The van der Waals surface area contributed by atoms with Crippen LogP contribution in [0.3, 0.4) is 0 Å². The molecule has 2 aromatic carbocycles. The molecule has 1 aliphatic rings. The first kappa shape index (κ1) is 19.9. The van der Waals surface area contributed by atoms with E-state index >= 15 is 0 Å². The van der Waals surface area contributed by atoms with Crippen LogP contribution in [0.1, 0.15) is 61.4 Å². The summed E-state index contributed by atoms with van der Waals surface area (Å²) in [5.74, 6) is 0.607. The fraction of sp³-hybridized carbons (Fsp3) is 0.435. The second kappa shape index (κ2) is 9.41. The van der Waals surface area contributed by atoms with Crippen molar-refractivity contribution in [2.24, 2.45) is 0 Å². The second-order valence-electron chi connectivity index (χ2n) is 7.17. The van der Waals surface area contributed by atoms with E-state index in [9.17, 15) is 4.79 Å². The largest absolute Gasteiger partial charge is 0.483 e. The zero-order valence-corrected chi connectivity index (χ0v) is 17.8. The van der Waals surface area contributed by atoms with Crippen molar-refractivity contribution in [3.8, 4) is 5.75 Å². The minimum Gasteiger partial charge on any atom is -0.483 e. The van der Waals surface area contributed by atoms with Crippen molar-refractivity contribution in [1.82, 2.24) is 5.32 Å². The Labute approximate surface area is 170 Å². The van der Waals surface area contributed by atoms with Crippen molar-refractivity contribution in [1.29, 1.82) is 0 Å². The second-order valence-corrected chi connectivity index (χ2v) is 8.02. The third-order valence-electron chi connectivity index (χ3n) is 5.28. The third-order valence-corrected chi connectivity index (χ3v) is 5.90. The molecule has 0 saturated heterocycles. The molecular weight excluding hydrogens is 402 g/mol. The number of nitrogens with one attached hydrogen (secondary N) is 1. The van der Waals surface area contributed by atoms with Gasteiger partial charge < -0.3 is 10.1 Å². The molecule has 4 heteroatoms. The molecule has 0 aromatic heterocycles. The maximum Gasteiger partial charge on any atom is 0.258 e. The molecule has 1 aliphatic carbocycles. The molecule has 0 radical (unpaired) electrons. The average molecular weight is 430 g/mol. The molecule has 0 spiro atoms. The summed E-state index contributed by atoms with van der Waals surface area (Å²) in [6.45, 7) is 4.23. The van der Waals surface area contributed by atoms with E-state index in [0.29, 0.717) is 5.75 Å². The Balaban J connectivity index is 1.60. The normalized spacial score (nSPS) is 14.3. The molecule has 3 nitrogen and oxygen atoms in total. The number of carbonyl (C=O) groups excluding carboxylic acids is 1. The lowest BCUT2D eigenvalue weighted by atomic mass is 9.89. The van der Waals surface area contributed by atoms with E-state index < -0.39 is 0 Å². The summed E-state index contributed by atoms with van der Waals surface area (Å²) in [6, 6.07) is 12.7. The monoisotopic (exact) mass is 429 g/mol. The van der Waals surface area contributed by atoms with Crippen molar-refractivity contribution >= 4 is 21.8 Å². The van der Waals surface area contributed by atoms with E-state index in [0.717, 1.165) is 23.7 Å². The van der Waals surface area contributed by atoms with Crippen molar-refractivity contribution < 1.29 is 9.53 Å². The van der Waals surface area contributed by atoms with Crippen molar-refractivity contribution in [3.05, 3.63) is 63.1 Å². The molecule has 0 saturated carbocycles. The van der Waals surface area contributed by atoms with Crippen LogP contribution in [0.4, 0.5) is 0 Å². The lowest BCUT2D eigenvalue weighted by Crippen LogP contribution is -2.32. The van der Waals surface area contributed by atoms with Gasteiger partial charge in [0.25, 0.3) is 5.91 Å². The smallest absolute Gasteiger partial charge is 0.258 e. The van der Waals surface area contributed by atoms with Crippen LogP contribution in [0, 0.1) is 0 Å². The number of halogens is 1. The molecule has 0 aliphatic heterocycles. The van der Waals surface area contributed by atoms with Gasteiger partial charge in [0.1, 0.15) is 5.75 Å². The summed E-state index contributed by atoms with van der Waals surface area (Å²) in [5, 5.41) is 3.12. The molecule has 0 heterocycles. The van der Waals surface area contributed by atoms with Crippen molar-refractivity contribution in [3.63, 3.8) is 0 Å². The molecule has 3 rings (SSSR count). The number of hydrogen-bond donors (Lipinski definition) is 1. The maximum absolute atomic E-state index is 12.4. The van der Waals surface area contributed by atoms with Gasteiger partial charge in [0.2, 0.25) is 0 Å². The summed E-state index contributed by atoms with van der Waals surface area (Å²) in [6.07, 6.45) is 6.71. The van der Waals surface area contributed by atoms with Crippen LogP contribution in [0.5, 0.6) is 5.75 Å². The standard InChI is InChI=1S/C23H28BrNO2/c1-3-16-9-12-22(20(24)13-16)27-15-23(26)25-21(4-2)19-11-10-17-7-5-6-8-18(17)14-19/h9-14,21H,3-8,15H2,1-2H3,(H,25,26)/t21-/m0/s1. The Bertz CT molecular complexity index is 803. The zero-order chi connectivity index (χ0) is 19.2. The lowest BCUT2D eigenvalue weighted by molar-refractivity contribution is -0.123. The topological polar surface area (TPSA) is 38.3 Å². The molecule has 0 bridgehead atoms. The van der Waals surface area contributed by atoms with Crippen LogP contribution < -0.4 is 10.1 Å². The lowest BCUT2D eigenvalue weighted by Gasteiger charge is -2.22. The molecule has 0 unspecified atom stereocenters. The third kappa shape index (κ3) is 5.13. The van der Waals surface area contributed by atoms with Gasteiger partial charge in [-0.25, -0.2) is 0 Å². The Kier molecular flexibility index (Phi) is 6.95. The summed E-state index contributed by atoms with van der Waals surface area (Å²) >= 11 is 3.52. The van der Waals surface area contributed by atoms with E-state index in [1.165, 1.54) is 41.5 Å². The van der Waals surface area contributed by atoms with E-state index in [2.05, 4.69) is 53.3 Å². The van der Waals surface area contributed by atoms with Crippen LogP contribution in [0.15, 0.2) is 40.9 Å². The highest BCUT2D eigenvalue weighted by atomic mass is 79.9. The van der Waals surface area contributed by atoms with Gasteiger partial charge in [-0.3, -0.25) is 4.79 Å². The number of aryl methyl sites for hydroxylation is 3. The van der Waals surface area contributed by atoms with Gasteiger partial charge in [-0.15, -0.1) is 0 Å². The summed E-state index contributed by atoms with van der Waals surface area (Å²) in [4.78, 5) is 12.4. The van der Waals surface area contributed by atoms with Crippen LogP contribution in [0.25, 0.3) is 0 Å². The minimum atomic E-state index is -0.0916. The van der Waals surface area contributed by atoms with E-state index in [4.69, 9.17) is 4.74 Å². The number of rotatable bonds is 7. The molecule has 1 atom stereocenters. The number of hydrogen-bond acceptors (Lipinski definition) is 2. The molecule has 27 heavy (non-hydrogen) atoms. The fourth-order valence-corrected chi connectivity index (χ4v) is 4.19. The number of carbonyl (C=O) groups is 1. The molecule has 2 aromatic rings. The summed E-state index contributed by atoms with van der Waals surface area (Å²) < 4.78 is 6.60. The molecule has 0 fully saturated rings. The predicted octanol–water partition coefficient (Wildman–Crippen LogP) is 5.54. The van der Waals surface area contributed by atoms with Gasteiger partial charge in [-0.2, -0.15) is 0 Å². The van der Waals surface area contributed by atoms with Crippen LogP contribution in [0.2, 0.25) is 0 Å². The molecular formula is C23H28BrNO2.